The number of hydrogen-bond acceptors (Lipinski definition) is 1. The van der Waals surface area contributed by atoms with Crippen molar-refractivity contribution in [1.29, 1.82) is 0 Å². The number of nitrogens with zero attached hydrogens (tertiary/aromatic N) is 2. The number of aryl methyl sites for hydroxylation is 1. The van der Waals surface area contributed by atoms with Crippen molar-refractivity contribution in [1.82, 2.24) is 9.55 Å². The van der Waals surface area contributed by atoms with Crippen LogP contribution in [0.5, 0.6) is 0 Å². The molecule has 0 N–H and O–H groups in total. The van der Waals surface area contributed by atoms with Gasteiger partial charge in [0.2, 0.25) is 0 Å². The van der Waals surface area contributed by atoms with Gasteiger partial charge in [0.25, 0.3) is 0 Å². The Labute approximate surface area is 226 Å². The van der Waals surface area contributed by atoms with E-state index in [0.717, 1.165) is 17.8 Å². The molecule has 0 aliphatic carbocycles. The van der Waals surface area contributed by atoms with Crippen LogP contribution >= 0.6 is 0 Å². The van der Waals surface area contributed by atoms with E-state index in [0.29, 0.717) is 5.92 Å². The van der Waals surface area contributed by atoms with Crippen molar-refractivity contribution in [3.8, 4) is 11.3 Å². The van der Waals surface area contributed by atoms with Gasteiger partial charge in [0, 0.05) is 54.7 Å². The van der Waals surface area contributed by atoms with E-state index in [4.69, 9.17) is 0 Å². The minimum absolute atomic E-state index is 0. The third-order valence-corrected chi connectivity index (χ3v) is 5.94. The Bertz CT molecular complexity index is 1220. The van der Waals surface area contributed by atoms with E-state index < -0.39 is 0 Å². The Kier molecular flexibility index (Phi) is 14.1. The van der Waals surface area contributed by atoms with Crippen LogP contribution in [0.4, 0.5) is 0 Å². The van der Waals surface area contributed by atoms with Gasteiger partial charge >= 0.3 is 0 Å². The normalized spacial score (nSPS) is 10.5. The van der Waals surface area contributed by atoms with E-state index in [9.17, 15) is 0 Å². The number of benzene rings is 3. The van der Waals surface area contributed by atoms with Crippen molar-refractivity contribution in [3.05, 3.63) is 103 Å². The molecule has 0 bridgehead atoms. The standard InChI is InChI=1S/C18H21N.C11H8N.3CH4.Ir/c1-4-13(3)14-10-11-18-16(12-14)15-8-6-7-9-17(15)19(18)5-2;1-2-6-10(7-3-1)11-8-4-5-9-12-11;;;;/h6-13H,4-5H2,1-3H3;1-6,8-9H;3*1H4;/q;-1;;;;. The minimum atomic E-state index is 0. The van der Waals surface area contributed by atoms with E-state index >= 15 is 0 Å². The number of pyridine rings is 1. The molecular formula is C32H41IrN2-. The fourth-order valence-electron chi connectivity index (χ4n) is 4.03. The van der Waals surface area contributed by atoms with Crippen LogP contribution < -0.4 is 0 Å². The second-order valence-electron chi connectivity index (χ2n) is 7.84. The molecule has 0 aliphatic rings. The van der Waals surface area contributed by atoms with E-state index in [2.05, 4.69) is 78.9 Å². The van der Waals surface area contributed by atoms with Crippen LogP contribution in [-0.4, -0.2) is 9.55 Å². The van der Waals surface area contributed by atoms with Gasteiger partial charge < -0.3 is 9.55 Å². The number of para-hydroxylation sites is 1. The monoisotopic (exact) mass is 646 g/mol. The van der Waals surface area contributed by atoms with Crippen LogP contribution in [0.1, 0.15) is 61.0 Å². The quantitative estimate of drug-likeness (QED) is 0.178. The molecule has 0 saturated heterocycles. The zero-order chi connectivity index (χ0) is 21.6. The smallest absolute Gasteiger partial charge is 0.0491 e. The maximum absolute atomic E-state index is 4.22. The average Bonchev–Trinajstić information content (AvgIpc) is 3.18. The van der Waals surface area contributed by atoms with Crippen molar-refractivity contribution in [3.63, 3.8) is 0 Å². The van der Waals surface area contributed by atoms with Gasteiger partial charge in [-0.25, -0.2) is 0 Å². The second-order valence-corrected chi connectivity index (χ2v) is 7.84. The molecule has 0 saturated carbocycles. The summed E-state index contributed by atoms with van der Waals surface area (Å²) in [6, 6.07) is 32.5. The summed E-state index contributed by atoms with van der Waals surface area (Å²) in [4.78, 5) is 4.22. The van der Waals surface area contributed by atoms with E-state index in [1.807, 2.05) is 42.5 Å². The fourth-order valence-corrected chi connectivity index (χ4v) is 4.03. The molecule has 5 aromatic rings. The number of hydrogen-bond donors (Lipinski definition) is 0. The Morgan fingerprint density at radius 1 is 0.800 bits per heavy atom. The van der Waals surface area contributed by atoms with Gasteiger partial charge in [0.15, 0.2) is 0 Å². The van der Waals surface area contributed by atoms with Gasteiger partial charge in [-0.2, -0.15) is 0 Å². The molecule has 3 aromatic carbocycles. The second kappa shape index (κ2) is 15.3. The van der Waals surface area contributed by atoms with Crippen LogP contribution in [0.25, 0.3) is 33.1 Å². The molecular weight excluding hydrogens is 605 g/mol. The molecule has 1 radical (unpaired) electrons. The maximum Gasteiger partial charge on any atom is 0.0491 e. The molecule has 0 fully saturated rings. The molecule has 0 aliphatic heterocycles. The Morgan fingerprint density at radius 3 is 2.11 bits per heavy atom. The fraction of sp³-hybridized carbons (Fsp3) is 0.281. The molecule has 2 aromatic heterocycles. The average molecular weight is 646 g/mol. The Hall–Kier alpha value is -2.74. The summed E-state index contributed by atoms with van der Waals surface area (Å²) in [5.74, 6) is 0.633. The molecule has 2 nitrogen and oxygen atoms in total. The summed E-state index contributed by atoms with van der Waals surface area (Å²) < 4.78 is 2.41. The first-order chi connectivity index (χ1) is 15.2. The predicted molar refractivity (Wildman–Crippen MR) is 153 cm³/mol. The van der Waals surface area contributed by atoms with Crippen molar-refractivity contribution in [2.75, 3.05) is 0 Å². The SMILES string of the molecule is C.C.C.CCC(C)c1ccc2c(c1)c1ccccc1n2CC.[Ir].[c-]1ccccc1-c1ccccn1. The van der Waals surface area contributed by atoms with E-state index in [1.54, 1.807) is 6.20 Å². The molecule has 5 rings (SSSR count). The van der Waals surface area contributed by atoms with Crippen LogP contribution in [0.3, 0.4) is 0 Å². The molecule has 1 atom stereocenters. The molecule has 0 amide bonds. The number of fused-ring (bicyclic) bond motifs is 3. The maximum atomic E-state index is 4.22. The van der Waals surface area contributed by atoms with Gasteiger partial charge in [-0.15, -0.1) is 35.9 Å². The molecule has 3 heteroatoms. The summed E-state index contributed by atoms with van der Waals surface area (Å²) in [5, 5.41) is 2.78. The van der Waals surface area contributed by atoms with Gasteiger partial charge in [-0.05, 0) is 54.8 Å². The zero-order valence-corrected chi connectivity index (χ0v) is 21.3. The van der Waals surface area contributed by atoms with Crippen molar-refractivity contribution >= 4 is 21.8 Å². The van der Waals surface area contributed by atoms with E-state index in [-0.39, 0.29) is 42.4 Å². The van der Waals surface area contributed by atoms with Crippen molar-refractivity contribution in [2.24, 2.45) is 0 Å². The van der Waals surface area contributed by atoms with Crippen molar-refractivity contribution < 1.29 is 20.1 Å². The van der Waals surface area contributed by atoms with Gasteiger partial charge in [0.1, 0.15) is 0 Å². The zero-order valence-electron chi connectivity index (χ0n) is 18.9. The van der Waals surface area contributed by atoms with Gasteiger partial charge in [0.05, 0.1) is 0 Å². The summed E-state index contributed by atoms with van der Waals surface area (Å²) in [5.41, 5.74) is 6.17. The Balaban J connectivity index is 0.000000638. The summed E-state index contributed by atoms with van der Waals surface area (Å²) in [7, 11) is 0. The first-order valence-electron chi connectivity index (χ1n) is 11.1. The van der Waals surface area contributed by atoms with Gasteiger partial charge in [-0.1, -0.05) is 72.5 Å². The molecule has 2 heterocycles. The predicted octanol–water partition coefficient (Wildman–Crippen LogP) is 9.78. The topological polar surface area (TPSA) is 17.8 Å². The molecule has 0 spiro atoms. The van der Waals surface area contributed by atoms with Crippen LogP contribution in [0, 0.1) is 6.07 Å². The number of aromatic nitrogens is 2. The first-order valence-corrected chi connectivity index (χ1v) is 11.1. The Morgan fingerprint density at radius 2 is 1.49 bits per heavy atom. The third kappa shape index (κ3) is 7.13. The first kappa shape index (κ1) is 32.3. The molecule has 189 valence electrons. The van der Waals surface area contributed by atoms with E-state index in [1.165, 1.54) is 33.8 Å². The third-order valence-electron chi connectivity index (χ3n) is 5.94. The van der Waals surface area contributed by atoms with Crippen LogP contribution in [0.15, 0.2) is 91.1 Å². The largest absolute Gasteiger partial charge is 0.341 e. The summed E-state index contributed by atoms with van der Waals surface area (Å²) in [6.45, 7) is 7.80. The van der Waals surface area contributed by atoms with Crippen LogP contribution in [-0.2, 0) is 26.7 Å². The van der Waals surface area contributed by atoms with Crippen LogP contribution in [0.2, 0.25) is 0 Å². The van der Waals surface area contributed by atoms with Gasteiger partial charge in [-0.3, -0.25) is 0 Å². The molecule has 35 heavy (non-hydrogen) atoms. The van der Waals surface area contributed by atoms with Crippen molar-refractivity contribution in [2.45, 2.75) is 61.9 Å². The summed E-state index contributed by atoms with van der Waals surface area (Å²) in [6.07, 6.45) is 2.98. The number of rotatable bonds is 4. The minimum Gasteiger partial charge on any atom is -0.341 e. The summed E-state index contributed by atoms with van der Waals surface area (Å²) >= 11 is 0. The molecule has 1 unspecified atom stereocenters.